The standard InChI is InChI=1S/C24H26N4.Al/c1-15-7-9-21-23(11-15)27-19(5)14-20(6)28-24-12-16(2)8-10-22(24)26-18(4)13-17(3)25-21;/h7-14H,1-6H3;/q-2;+2/b17-13-,20-14-,26-18?,27-19?;. The van der Waals surface area contributed by atoms with Gasteiger partial charge in [-0.2, -0.15) is 0 Å². The van der Waals surface area contributed by atoms with Gasteiger partial charge < -0.3 is 7.77 Å². The van der Waals surface area contributed by atoms with E-state index in [1.807, 2.05) is 0 Å². The Hall–Kier alpha value is -2.61. The van der Waals surface area contributed by atoms with Gasteiger partial charge in [0.25, 0.3) is 0 Å². The quantitative estimate of drug-likeness (QED) is 0.498. The van der Waals surface area contributed by atoms with Crippen LogP contribution in [0, 0.1) is 13.8 Å². The lowest BCUT2D eigenvalue weighted by Crippen LogP contribution is -2.40. The summed E-state index contributed by atoms with van der Waals surface area (Å²) in [5, 5.41) is 0. The van der Waals surface area contributed by atoms with Gasteiger partial charge in [-0.3, -0.25) is 9.98 Å². The van der Waals surface area contributed by atoms with Gasteiger partial charge in [-0.15, -0.1) is 0 Å². The number of benzene rings is 2. The molecule has 0 atom stereocenters. The maximum atomic E-state index is 4.97. The van der Waals surface area contributed by atoms with Crippen LogP contribution in [0.3, 0.4) is 0 Å². The first kappa shape index (κ1) is 19.7. The van der Waals surface area contributed by atoms with E-state index in [4.69, 9.17) is 9.98 Å². The fourth-order valence-electron chi connectivity index (χ4n) is 3.84. The molecule has 145 valence electrons. The lowest BCUT2D eigenvalue weighted by molar-refractivity contribution is 1.17. The van der Waals surface area contributed by atoms with Crippen molar-refractivity contribution in [3.05, 3.63) is 71.1 Å². The van der Waals surface area contributed by atoms with Crippen molar-refractivity contribution in [3.8, 4) is 0 Å². The second-order valence-electron chi connectivity index (χ2n) is 7.92. The lowest BCUT2D eigenvalue weighted by Gasteiger charge is -2.34. The first-order chi connectivity index (χ1) is 13.8. The number of rotatable bonds is 0. The fraction of sp³-hybridized carbons (Fsp3) is 0.250. The van der Waals surface area contributed by atoms with E-state index in [9.17, 15) is 0 Å². The maximum absolute atomic E-state index is 4.97. The normalized spacial score (nSPS) is 19.8. The predicted octanol–water partition coefficient (Wildman–Crippen LogP) is 6.17. The zero-order chi connectivity index (χ0) is 20.7. The Bertz CT molecular complexity index is 1110. The van der Waals surface area contributed by atoms with Crippen LogP contribution in [0.4, 0.5) is 22.7 Å². The molecule has 2 aliphatic rings. The average molecular weight is 397 g/mol. The van der Waals surface area contributed by atoms with Crippen LogP contribution in [0.25, 0.3) is 0 Å². The van der Waals surface area contributed by atoms with Crippen LogP contribution in [0.2, 0.25) is 0 Å². The molecule has 0 saturated heterocycles. The first-order valence-corrected chi connectivity index (χ1v) is 11.0. The van der Waals surface area contributed by atoms with Crippen molar-refractivity contribution < 1.29 is 0 Å². The minimum absolute atomic E-state index is 0.277. The highest BCUT2D eigenvalue weighted by Gasteiger charge is 2.26. The number of hydrogen-bond acceptors (Lipinski definition) is 4. The monoisotopic (exact) mass is 397 g/mol. The molecule has 0 amide bonds. The third kappa shape index (κ3) is 3.94. The number of allylic oxidation sites excluding steroid dienone is 4. The van der Waals surface area contributed by atoms with Crippen LogP contribution in [0.1, 0.15) is 38.8 Å². The molecular formula is C24H26AlN4. The molecule has 0 aromatic heterocycles. The van der Waals surface area contributed by atoms with Crippen LogP contribution < -0.4 is 7.77 Å². The Balaban J connectivity index is 2.04. The molecular weight excluding hydrogens is 371 g/mol. The molecule has 0 saturated carbocycles. The molecule has 0 aliphatic carbocycles. The van der Waals surface area contributed by atoms with Crippen LogP contribution >= 0.6 is 0 Å². The lowest BCUT2D eigenvalue weighted by atomic mass is 10.1. The van der Waals surface area contributed by atoms with Crippen molar-refractivity contribution in [3.63, 3.8) is 0 Å². The van der Waals surface area contributed by atoms with Crippen molar-refractivity contribution in [2.75, 3.05) is 7.77 Å². The first-order valence-electron chi connectivity index (χ1n) is 9.94. The summed E-state index contributed by atoms with van der Waals surface area (Å²) >= 11 is -0.277. The molecule has 2 aromatic rings. The summed E-state index contributed by atoms with van der Waals surface area (Å²) in [5.41, 5.74) is 11.2. The summed E-state index contributed by atoms with van der Waals surface area (Å²) in [6.07, 6.45) is 4.36. The third-order valence-corrected chi connectivity index (χ3v) is 7.03. The average Bonchev–Trinajstić information content (AvgIpc) is 2.72. The molecule has 0 unspecified atom stereocenters. The Labute approximate surface area is 180 Å². The molecule has 2 bridgehead atoms. The van der Waals surface area contributed by atoms with Gasteiger partial charge >= 0.3 is 15.7 Å². The van der Waals surface area contributed by atoms with E-state index in [0.29, 0.717) is 0 Å². The molecule has 4 nitrogen and oxygen atoms in total. The SMILES string of the molecule is CC1=Nc2cc(C)ccc2[N]2[Al][N](/C(C)=C\1)c1cc(C)ccc1N=C(C)/C=C\2C. The number of anilines is 2. The van der Waals surface area contributed by atoms with Crippen molar-refractivity contribution in [2.45, 2.75) is 41.5 Å². The van der Waals surface area contributed by atoms with E-state index in [1.165, 1.54) is 22.5 Å². The molecule has 1 radical (unpaired) electrons. The molecule has 29 heavy (non-hydrogen) atoms. The molecule has 5 heteroatoms. The van der Waals surface area contributed by atoms with Crippen molar-refractivity contribution >= 4 is 49.8 Å². The zero-order valence-corrected chi connectivity index (χ0v) is 19.1. The topological polar surface area (TPSA) is 31.2 Å². The summed E-state index contributed by atoms with van der Waals surface area (Å²) in [6, 6.07) is 13.1. The van der Waals surface area contributed by atoms with E-state index in [-0.39, 0.29) is 15.7 Å². The Morgan fingerprint density at radius 2 is 1.17 bits per heavy atom. The van der Waals surface area contributed by atoms with Crippen LogP contribution in [-0.4, -0.2) is 27.1 Å². The molecule has 0 spiro atoms. The molecule has 0 N–H and O–H groups in total. The van der Waals surface area contributed by atoms with E-state index in [1.54, 1.807) is 0 Å². The summed E-state index contributed by atoms with van der Waals surface area (Å²) < 4.78 is 4.85. The summed E-state index contributed by atoms with van der Waals surface area (Å²) in [6.45, 7) is 12.7. The van der Waals surface area contributed by atoms with Crippen LogP contribution in [0.5, 0.6) is 0 Å². The number of aryl methyl sites for hydroxylation is 2. The van der Waals surface area contributed by atoms with Gasteiger partial charge in [-0.1, -0.05) is 12.1 Å². The fourth-order valence-corrected chi connectivity index (χ4v) is 5.26. The molecule has 2 aliphatic heterocycles. The molecule has 2 aromatic carbocycles. The van der Waals surface area contributed by atoms with Gasteiger partial charge in [0, 0.05) is 22.8 Å². The summed E-state index contributed by atoms with van der Waals surface area (Å²) in [4.78, 5) is 9.92. The smallest absolute Gasteiger partial charge is 0.423 e. The van der Waals surface area contributed by atoms with Gasteiger partial charge in [-0.05, 0) is 100 Å². The van der Waals surface area contributed by atoms with Crippen LogP contribution in [0.15, 0.2) is 69.9 Å². The highest BCUT2D eigenvalue weighted by molar-refractivity contribution is 6.50. The van der Waals surface area contributed by atoms with E-state index in [2.05, 4.69) is 97.9 Å². The van der Waals surface area contributed by atoms with Gasteiger partial charge in [-0.25, -0.2) is 0 Å². The highest BCUT2D eigenvalue weighted by atomic mass is 27.1. The number of hydrogen-bond donors (Lipinski definition) is 0. The van der Waals surface area contributed by atoms with Gasteiger partial charge in [0.1, 0.15) is 0 Å². The second-order valence-corrected chi connectivity index (χ2v) is 9.18. The largest absolute Gasteiger partial charge is 0.563 e. The minimum Gasteiger partial charge on any atom is -0.423 e. The minimum atomic E-state index is -0.277. The summed E-state index contributed by atoms with van der Waals surface area (Å²) in [5.74, 6) is 0. The highest BCUT2D eigenvalue weighted by Crippen LogP contribution is 2.38. The van der Waals surface area contributed by atoms with E-state index in [0.717, 1.165) is 34.2 Å². The molecule has 2 heterocycles. The Kier molecular flexibility index (Phi) is 5.21. The maximum Gasteiger partial charge on any atom is 0.563 e. The van der Waals surface area contributed by atoms with Gasteiger partial charge in [0.15, 0.2) is 0 Å². The second kappa shape index (κ2) is 7.67. The number of aliphatic imine (C=N–C) groups is 2. The predicted molar refractivity (Wildman–Crippen MR) is 126 cm³/mol. The summed E-state index contributed by atoms with van der Waals surface area (Å²) in [7, 11) is 0. The van der Waals surface area contributed by atoms with Gasteiger partial charge in [0.2, 0.25) is 0 Å². The van der Waals surface area contributed by atoms with Crippen LogP contribution in [-0.2, 0) is 0 Å². The van der Waals surface area contributed by atoms with Crippen molar-refractivity contribution in [1.29, 1.82) is 0 Å². The third-order valence-electron chi connectivity index (χ3n) is 5.20. The Morgan fingerprint density at radius 3 is 1.86 bits per heavy atom. The molecule has 0 fully saturated rings. The van der Waals surface area contributed by atoms with Crippen molar-refractivity contribution in [1.82, 2.24) is 0 Å². The van der Waals surface area contributed by atoms with Gasteiger partial charge in [0.05, 0.1) is 11.4 Å². The molecule has 4 rings (SSSR count). The van der Waals surface area contributed by atoms with E-state index < -0.39 is 0 Å². The Morgan fingerprint density at radius 1 is 0.621 bits per heavy atom. The van der Waals surface area contributed by atoms with E-state index >= 15 is 0 Å². The zero-order valence-electron chi connectivity index (χ0n) is 18.0. The number of fused-ring (bicyclic) bond motifs is 6. The number of nitrogens with zero attached hydrogens (tertiary/aromatic N) is 4. The van der Waals surface area contributed by atoms with Crippen molar-refractivity contribution in [2.24, 2.45) is 9.98 Å².